The molecule has 0 saturated carbocycles. The Labute approximate surface area is 67.1 Å². The highest BCUT2D eigenvalue weighted by Gasteiger charge is 2.32. The molecule has 0 bridgehead atoms. The van der Waals surface area contributed by atoms with Crippen molar-refractivity contribution in [3.63, 3.8) is 0 Å². The summed E-state index contributed by atoms with van der Waals surface area (Å²) in [6.45, 7) is -1.91. The Morgan fingerprint density at radius 3 is 2.73 bits per heavy atom. The lowest BCUT2D eigenvalue weighted by Gasteiger charge is -2.20. The lowest BCUT2D eigenvalue weighted by atomic mass is 10.1. The molecule has 0 aromatic heterocycles. The van der Waals surface area contributed by atoms with Crippen LogP contribution in [0.4, 0.5) is 0 Å². The largest absolute Gasteiger partial charge is 0.341 e. The molecule has 1 aliphatic carbocycles. The van der Waals surface area contributed by atoms with Crippen LogP contribution < -0.4 is 0 Å². The third-order valence-electron chi connectivity index (χ3n) is 1.55. The number of hydrogen-bond donors (Lipinski definition) is 0. The first-order valence-electron chi connectivity index (χ1n) is 4.28. The number of rotatable bonds is 0. The van der Waals surface area contributed by atoms with Gasteiger partial charge in [-0.25, -0.2) is 0 Å². The van der Waals surface area contributed by atoms with E-state index >= 15 is 0 Å². The summed E-state index contributed by atoms with van der Waals surface area (Å²) in [6, 6.07) is 0. The van der Waals surface area contributed by atoms with Crippen molar-refractivity contribution >= 4 is 5.78 Å². The summed E-state index contributed by atoms with van der Waals surface area (Å²) in [5.74, 6) is -1.32. The van der Waals surface area contributed by atoms with Gasteiger partial charge in [-0.1, -0.05) is 0 Å². The van der Waals surface area contributed by atoms with Crippen molar-refractivity contribution in [2.24, 2.45) is 0 Å². The van der Waals surface area contributed by atoms with Crippen molar-refractivity contribution in [3.8, 4) is 0 Å². The van der Waals surface area contributed by atoms with Gasteiger partial charge in [0.15, 0.2) is 5.78 Å². The van der Waals surface area contributed by atoms with E-state index in [9.17, 15) is 4.79 Å². The summed E-state index contributed by atoms with van der Waals surface area (Å²) in [7, 11) is 0. The second-order valence-corrected chi connectivity index (χ2v) is 2.33. The lowest BCUT2D eigenvalue weighted by molar-refractivity contribution is -0.112. The molecule has 1 spiro atoms. The molecule has 1 aliphatic heterocycles. The van der Waals surface area contributed by atoms with Gasteiger partial charge >= 0.3 is 0 Å². The summed E-state index contributed by atoms with van der Waals surface area (Å²) in [6.07, 6.45) is 5.45. The molecule has 3 nitrogen and oxygen atoms in total. The lowest BCUT2D eigenvalue weighted by Crippen LogP contribution is -2.26. The predicted molar refractivity (Wildman–Crippen MR) is 37.9 cm³/mol. The Kier molecular flexibility index (Phi) is 1.01. The van der Waals surface area contributed by atoms with E-state index in [2.05, 4.69) is 0 Å². The molecule has 11 heavy (non-hydrogen) atoms. The van der Waals surface area contributed by atoms with Crippen LogP contribution in [0, 0.1) is 0 Å². The van der Waals surface area contributed by atoms with Crippen LogP contribution in [-0.2, 0) is 14.3 Å². The van der Waals surface area contributed by atoms with E-state index in [1.165, 1.54) is 24.3 Å². The molecule has 0 amide bonds. The maximum Gasteiger partial charge on any atom is 0.208 e. The molecule has 0 N–H and O–H groups in total. The maximum atomic E-state index is 10.8. The fourth-order valence-corrected chi connectivity index (χ4v) is 0.986. The SMILES string of the molecule is [2H]C1([2H])COC2(C=CC(=O)C=C2)O1. The summed E-state index contributed by atoms with van der Waals surface area (Å²) < 4.78 is 24.7. The monoisotopic (exact) mass is 154 g/mol. The van der Waals surface area contributed by atoms with E-state index in [0.29, 0.717) is 0 Å². The fraction of sp³-hybridized carbons (Fsp3) is 0.375. The van der Waals surface area contributed by atoms with Crippen molar-refractivity contribution in [1.29, 1.82) is 0 Å². The predicted octanol–water partition coefficient (Wildman–Crippen LogP) is 0.425. The zero-order valence-electron chi connectivity index (χ0n) is 7.74. The molecule has 2 aliphatic rings. The molecule has 58 valence electrons. The third-order valence-corrected chi connectivity index (χ3v) is 1.55. The Hall–Kier alpha value is -0.930. The van der Waals surface area contributed by atoms with Crippen molar-refractivity contribution in [1.82, 2.24) is 0 Å². The van der Waals surface area contributed by atoms with Gasteiger partial charge in [0.1, 0.15) is 0 Å². The second-order valence-electron chi connectivity index (χ2n) is 2.33. The molecule has 1 saturated heterocycles. The summed E-state index contributed by atoms with van der Waals surface area (Å²) in [5, 5.41) is 0. The third kappa shape index (κ3) is 1.13. The summed E-state index contributed by atoms with van der Waals surface area (Å²) in [4.78, 5) is 10.8. The highest BCUT2D eigenvalue weighted by atomic mass is 16.7. The minimum Gasteiger partial charge on any atom is -0.341 e. The molecular weight excluding hydrogens is 144 g/mol. The first kappa shape index (κ1) is 4.85. The van der Waals surface area contributed by atoms with Gasteiger partial charge in [-0.05, 0) is 24.3 Å². The van der Waals surface area contributed by atoms with Crippen LogP contribution in [0.1, 0.15) is 2.74 Å². The molecule has 0 unspecified atom stereocenters. The molecule has 0 radical (unpaired) electrons. The minimum atomic E-state index is -1.78. The summed E-state index contributed by atoms with van der Waals surface area (Å²) in [5.41, 5.74) is 0. The average molecular weight is 154 g/mol. The zero-order valence-corrected chi connectivity index (χ0v) is 5.74. The van der Waals surface area contributed by atoms with Crippen LogP contribution in [0.3, 0.4) is 0 Å². The number of allylic oxidation sites excluding steroid dienone is 2. The topological polar surface area (TPSA) is 35.5 Å². The van der Waals surface area contributed by atoms with Gasteiger partial charge in [-0.15, -0.1) is 0 Å². The van der Waals surface area contributed by atoms with Crippen molar-refractivity contribution in [2.75, 3.05) is 13.2 Å². The van der Waals surface area contributed by atoms with Crippen molar-refractivity contribution < 1.29 is 17.0 Å². The van der Waals surface area contributed by atoms with Gasteiger partial charge in [0.2, 0.25) is 5.79 Å². The highest BCUT2D eigenvalue weighted by molar-refractivity contribution is 6.00. The normalized spacial score (nSPS) is 34.0. The van der Waals surface area contributed by atoms with E-state index in [4.69, 9.17) is 12.2 Å². The highest BCUT2D eigenvalue weighted by Crippen LogP contribution is 2.24. The van der Waals surface area contributed by atoms with Crippen molar-refractivity contribution in [3.05, 3.63) is 24.3 Å². The van der Waals surface area contributed by atoms with Crippen LogP contribution in [0.2, 0.25) is 0 Å². The van der Waals surface area contributed by atoms with Crippen molar-refractivity contribution in [2.45, 2.75) is 5.79 Å². The van der Waals surface area contributed by atoms with Gasteiger partial charge in [0, 0.05) is 0 Å². The maximum absolute atomic E-state index is 10.8. The van der Waals surface area contributed by atoms with Crippen LogP contribution in [0.5, 0.6) is 0 Å². The minimum absolute atomic E-state index is 0.129. The van der Waals surface area contributed by atoms with Gasteiger partial charge in [-0.3, -0.25) is 4.79 Å². The molecule has 1 heterocycles. The van der Waals surface area contributed by atoms with E-state index in [1.54, 1.807) is 0 Å². The Morgan fingerprint density at radius 1 is 1.45 bits per heavy atom. The van der Waals surface area contributed by atoms with Crippen LogP contribution in [0.15, 0.2) is 24.3 Å². The average Bonchev–Trinajstić information content (AvgIpc) is 2.35. The molecule has 0 aromatic carbocycles. The molecule has 0 atom stereocenters. The Morgan fingerprint density at radius 2 is 2.18 bits per heavy atom. The van der Waals surface area contributed by atoms with Gasteiger partial charge in [0.05, 0.1) is 15.9 Å². The zero-order chi connectivity index (χ0) is 9.53. The number of hydrogen-bond acceptors (Lipinski definition) is 3. The van der Waals surface area contributed by atoms with E-state index in [0.717, 1.165) is 0 Å². The molecular formula is C8H8O3. The summed E-state index contributed by atoms with van der Waals surface area (Å²) >= 11 is 0. The van der Waals surface area contributed by atoms with Crippen LogP contribution in [-0.4, -0.2) is 24.7 Å². The Balaban J connectivity index is 2.22. The quantitative estimate of drug-likeness (QED) is 0.507. The second kappa shape index (κ2) is 2.29. The van der Waals surface area contributed by atoms with E-state index < -0.39 is 12.3 Å². The van der Waals surface area contributed by atoms with E-state index in [1.807, 2.05) is 0 Å². The number of ether oxygens (including phenoxy) is 2. The number of carbonyl (C=O) groups excluding carboxylic acids is 1. The van der Waals surface area contributed by atoms with Gasteiger partial charge < -0.3 is 9.47 Å². The van der Waals surface area contributed by atoms with Gasteiger partial charge in [0.25, 0.3) is 0 Å². The number of ketones is 1. The fourth-order valence-electron chi connectivity index (χ4n) is 0.986. The van der Waals surface area contributed by atoms with Crippen LogP contribution >= 0.6 is 0 Å². The van der Waals surface area contributed by atoms with Gasteiger partial charge in [-0.2, -0.15) is 0 Å². The Bertz CT molecular complexity index is 291. The standard InChI is InChI=1S/C8H8O3/c9-7-1-3-8(4-2-7)10-5-6-11-8/h1-4H,5-6H2/i5D2. The first-order chi connectivity index (χ1) is 6.02. The molecule has 0 aromatic rings. The molecule has 3 heteroatoms. The smallest absolute Gasteiger partial charge is 0.208 e. The van der Waals surface area contributed by atoms with E-state index in [-0.39, 0.29) is 12.4 Å². The number of carbonyl (C=O) groups is 1. The first-order valence-corrected chi connectivity index (χ1v) is 3.28. The molecule has 1 fully saturated rings. The van der Waals surface area contributed by atoms with Crippen LogP contribution in [0.25, 0.3) is 0 Å². The molecule has 2 rings (SSSR count).